The molecule has 2 aromatic heterocycles. The van der Waals surface area contributed by atoms with E-state index in [4.69, 9.17) is 0 Å². The molecule has 0 aliphatic carbocycles. The maximum atomic E-state index is 13.0. The zero-order valence-corrected chi connectivity index (χ0v) is 13.0. The SMILES string of the molecule is C=c1[nH]n(-c2ccc(F)cc2)c(=O)c1=Cc1c(O)n(C)c(=O)[nH]c1=O. The maximum Gasteiger partial charge on any atom is 0.330 e. The zero-order chi connectivity index (χ0) is 18.3. The number of benzene rings is 1. The van der Waals surface area contributed by atoms with Crippen molar-refractivity contribution in [2.45, 2.75) is 0 Å². The Kier molecular flexibility index (Phi) is 3.76. The van der Waals surface area contributed by atoms with Gasteiger partial charge in [0.15, 0.2) is 0 Å². The number of aromatic amines is 2. The number of H-pyrrole nitrogens is 2. The molecule has 128 valence electrons. The first-order valence-electron chi connectivity index (χ1n) is 7.09. The van der Waals surface area contributed by atoms with Crippen LogP contribution in [0.3, 0.4) is 0 Å². The number of nitrogens with zero attached hydrogens (tertiary/aromatic N) is 2. The van der Waals surface area contributed by atoms with Gasteiger partial charge in [0.1, 0.15) is 11.4 Å². The van der Waals surface area contributed by atoms with E-state index in [0.29, 0.717) is 5.69 Å². The molecule has 0 fully saturated rings. The van der Waals surface area contributed by atoms with Crippen LogP contribution in [0.25, 0.3) is 18.3 Å². The second-order valence-electron chi connectivity index (χ2n) is 5.32. The van der Waals surface area contributed by atoms with Gasteiger partial charge in [-0.3, -0.25) is 24.2 Å². The maximum absolute atomic E-state index is 13.0. The molecular weight excluding hydrogens is 331 g/mol. The summed E-state index contributed by atoms with van der Waals surface area (Å²) in [6.45, 7) is 3.70. The summed E-state index contributed by atoms with van der Waals surface area (Å²) in [6.07, 6.45) is 1.13. The first-order chi connectivity index (χ1) is 11.8. The van der Waals surface area contributed by atoms with Gasteiger partial charge in [0.05, 0.1) is 16.3 Å². The molecule has 0 saturated heterocycles. The number of hydrogen-bond acceptors (Lipinski definition) is 4. The molecule has 3 rings (SSSR count). The van der Waals surface area contributed by atoms with Crippen LogP contribution in [0.4, 0.5) is 4.39 Å². The van der Waals surface area contributed by atoms with Crippen LogP contribution in [-0.2, 0) is 7.05 Å². The van der Waals surface area contributed by atoms with E-state index in [1.807, 2.05) is 4.98 Å². The highest BCUT2D eigenvalue weighted by Crippen LogP contribution is 2.08. The number of aromatic nitrogens is 4. The minimum atomic E-state index is -0.839. The van der Waals surface area contributed by atoms with Crippen molar-refractivity contribution >= 4 is 12.7 Å². The molecule has 8 nitrogen and oxygen atoms in total. The van der Waals surface area contributed by atoms with Crippen molar-refractivity contribution in [2.24, 2.45) is 7.05 Å². The zero-order valence-electron chi connectivity index (χ0n) is 13.0. The summed E-state index contributed by atoms with van der Waals surface area (Å²) < 4.78 is 15.0. The van der Waals surface area contributed by atoms with E-state index < -0.39 is 28.5 Å². The molecule has 0 amide bonds. The topological polar surface area (TPSA) is 113 Å². The second-order valence-corrected chi connectivity index (χ2v) is 5.32. The Balaban J connectivity index is 2.29. The Morgan fingerprint density at radius 3 is 2.48 bits per heavy atom. The molecule has 0 aliphatic heterocycles. The lowest BCUT2D eigenvalue weighted by Gasteiger charge is -2.02. The Morgan fingerprint density at radius 2 is 1.84 bits per heavy atom. The van der Waals surface area contributed by atoms with Crippen molar-refractivity contribution in [3.8, 4) is 11.6 Å². The van der Waals surface area contributed by atoms with E-state index in [0.717, 1.165) is 15.3 Å². The Labute approximate surface area is 138 Å². The van der Waals surface area contributed by atoms with Crippen molar-refractivity contribution in [2.75, 3.05) is 0 Å². The van der Waals surface area contributed by atoms with E-state index in [1.165, 1.54) is 31.3 Å². The predicted molar refractivity (Wildman–Crippen MR) is 88.7 cm³/mol. The van der Waals surface area contributed by atoms with E-state index in [-0.39, 0.29) is 16.1 Å². The van der Waals surface area contributed by atoms with Gasteiger partial charge < -0.3 is 5.11 Å². The Morgan fingerprint density at radius 1 is 1.20 bits per heavy atom. The van der Waals surface area contributed by atoms with Gasteiger partial charge in [0.25, 0.3) is 11.1 Å². The van der Waals surface area contributed by atoms with Crippen molar-refractivity contribution in [3.63, 3.8) is 0 Å². The monoisotopic (exact) mass is 344 g/mol. The fraction of sp³-hybridized carbons (Fsp3) is 0.0625. The quantitative estimate of drug-likeness (QED) is 0.533. The lowest BCUT2D eigenvalue weighted by atomic mass is 10.2. The molecule has 3 N–H and O–H groups in total. The summed E-state index contributed by atoms with van der Waals surface area (Å²) in [5, 5.41) is 12.9. The van der Waals surface area contributed by atoms with Gasteiger partial charge in [-0.25, -0.2) is 13.9 Å². The first-order valence-corrected chi connectivity index (χ1v) is 7.09. The van der Waals surface area contributed by atoms with Crippen LogP contribution in [0, 0.1) is 5.82 Å². The summed E-state index contributed by atoms with van der Waals surface area (Å²) in [5.74, 6) is -1.03. The second kappa shape index (κ2) is 5.78. The molecule has 1 aromatic carbocycles. The van der Waals surface area contributed by atoms with Crippen molar-refractivity contribution in [3.05, 3.63) is 77.4 Å². The third-order valence-corrected chi connectivity index (χ3v) is 3.71. The number of aromatic hydroxyl groups is 1. The van der Waals surface area contributed by atoms with E-state index in [2.05, 4.69) is 11.7 Å². The molecule has 25 heavy (non-hydrogen) atoms. The predicted octanol–water partition coefficient (Wildman–Crippen LogP) is -1.36. The molecule has 2 heterocycles. The molecular formula is C16H13FN4O4. The van der Waals surface area contributed by atoms with Crippen LogP contribution in [0.2, 0.25) is 0 Å². The Bertz CT molecular complexity index is 1250. The van der Waals surface area contributed by atoms with Crippen LogP contribution in [0.1, 0.15) is 5.56 Å². The van der Waals surface area contributed by atoms with Crippen molar-refractivity contribution < 1.29 is 9.50 Å². The number of hydrogen-bond donors (Lipinski definition) is 3. The summed E-state index contributed by atoms with van der Waals surface area (Å²) in [7, 11) is 1.27. The van der Waals surface area contributed by atoms with Gasteiger partial charge in [0.2, 0.25) is 5.88 Å². The smallest absolute Gasteiger partial charge is 0.330 e. The van der Waals surface area contributed by atoms with Gasteiger partial charge in [-0.2, -0.15) is 0 Å². The first kappa shape index (κ1) is 16.2. The fourth-order valence-electron chi connectivity index (χ4n) is 2.32. The largest absolute Gasteiger partial charge is 0.494 e. The van der Waals surface area contributed by atoms with Crippen LogP contribution in [-0.4, -0.2) is 24.4 Å². The highest BCUT2D eigenvalue weighted by Gasteiger charge is 2.11. The van der Waals surface area contributed by atoms with Gasteiger partial charge in [-0.1, -0.05) is 6.58 Å². The highest BCUT2D eigenvalue weighted by molar-refractivity contribution is 5.53. The van der Waals surface area contributed by atoms with E-state index in [9.17, 15) is 23.9 Å². The van der Waals surface area contributed by atoms with Gasteiger partial charge >= 0.3 is 5.69 Å². The van der Waals surface area contributed by atoms with Crippen LogP contribution in [0.5, 0.6) is 5.88 Å². The highest BCUT2D eigenvalue weighted by atomic mass is 19.1. The van der Waals surface area contributed by atoms with Crippen molar-refractivity contribution in [1.29, 1.82) is 0 Å². The van der Waals surface area contributed by atoms with E-state index >= 15 is 0 Å². The minimum absolute atomic E-state index is 0.0174. The van der Waals surface area contributed by atoms with Gasteiger partial charge in [-0.05, 0) is 30.3 Å². The number of rotatable bonds is 2. The molecule has 0 radical (unpaired) electrons. The van der Waals surface area contributed by atoms with Crippen LogP contribution in [0.15, 0.2) is 38.6 Å². The lowest BCUT2D eigenvalue weighted by Crippen LogP contribution is -2.36. The van der Waals surface area contributed by atoms with Crippen LogP contribution < -0.4 is 27.4 Å². The van der Waals surface area contributed by atoms with Crippen LogP contribution >= 0.6 is 0 Å². The van der Waals surface area contributed by atoms with Crippen molar-refractivity contribution in [1.82, 2.24) is 19.3 Å². The summed E-state index contributed by atoms with van der Waals surface area (Å²) in [6, 6.07) is 5.18. The van der Waals surface area contributed by atoms with E-state index in [1.54, 1.807) is 0 Å². The third kappa shape index (κ3) is 2.71. The average Bonchev–Trinajstić information content (AvgIpc) is 2.85. The minimum Gasteiger partial charge on any atom is -0.494 e. The summed E-state index contributed by atoms with van der Waals surface area (Å²) >= 11 is 0. The fourth-order valence-corrected chi connectivity index (χ4v) is 2.32. The molecule has 0 unspecified atom stereocenters. The normalized spacial score (nSPS) is 11.8. The standard InChI is InChI=1S/C16H13FN4O4/c1-8-11(7-12-13(22)18-16(25)20(2)14(12)23)15(24)21(19-8)10-5-3-9(17)4-6-10/h3-7,19,23H,1H2,2H3,(H,18,22,25). The summed E-state index contributed by atoms with van der Waals surface area (Å²) in [5.41, 5.74) is -2.06. The van der Waals surface area contributed by atoms with Gasteiger partial charge in [0, 0.05) is 7.05 Å². The molecule has 3 aromatic rings. The summed E-state index contributed by atoms with van der Waals surface area (Å²) in [4.78, 5) is 37.9. The number of halogens is 1. The van der Waals surface area contributed by atoms with Gasteiger partial charge in [-0.15, -0.1) is 0 Å². The molecule has 9 heteroatoms. The molecule has 0 spiro atoms. The third-order valence-electron chi connectivity index (χ3n) is 3.71. The Hall–Kier alpha value is -3.62. The molecule has 0 saturated carbocycles. The molecule has 0 aliphatic rings. The number of nitrogens with one attached hydrogen (secondary N) is 2. The average molecular weight is 344 g/mol. The lowest BCUT2D eigenvalue weighted by molar-refractivity contribution is 0.416. The molecule has 0 bridgehead atoms. The molecule has 0 atom stereocenters.